The van der Waals surface area contributed by atoms with Gasteiger partial charge in [-0.3, -0.25) is 4.79 Å². The van der Waals surface area contributed by atoms with Crippen LogP contribution in [0, 0.1) is 0 Å². The van der Waals surface area contributed by atoms with Crippen LogP contribution in [-0.2, 0) is 4.79 Å². The molecule has 1 saturated carbocycles. The Morgan fingerprint density at radius 3 is 2.41 bits per heavy atom. The Balaban J connectivity index is 2.25. The molecule has 0 spiro atoms. The van der Waals surface area contributed by atoms with E-state index in [1.54, 1.807) is 0 Å². The number of hydrogen-bond acceptors (Lipinski definition) is 3. The highest BCUT2D eigenvalue weighted by atomic mass is 16.1. The number of nitrogens with one attached hydrogen (secondary N) is 1. The van der Waals surface area contributed by atoms with E-state index in [1.165, 1.54) is 6.42 Å². The average Bonchev–Trinajstić information content (AvgIpc) is 2.23. The molecule has 1 unspecified atom stereocenters. The second-order valence-corrected chi connectivity index (χ2v) is 5.35. The molecule has 100 valence electrons. The summed E-state index contributed by atoms with van der Waals surface area (Å²) in [6.07, 6.45) is 3.63. The number of nitrogens with two attached hydrogens (primary N) is 1. The predicted octanol–water partition coefficient (Wildman–Crippen LogP) is 1.10. The largest absolute Gasteiger partial charge is 0.352 e. The Morgan fingerprint density at radius 2 is 2.00 bits per heavy atom. The molecule has 0 saturated heterocycles. The summed E-state index contributed by atoms with van der Waals surface area (Å²) in [6, 6.07) is 0.200. The van der Waals surface area contributed by atoms with Crippen molar-refractivity contribution in [3.63, 3.8) is 0 Å². The zero-order valence-electron chi connectivity index (χ0n) is 11.5. The lowest BCUT2D eigenvalue weighted by Crippen LogP contribution is -2.51. The van der Waals surface area contributed by atoms with Crippen molar-refractivity contribution in [2.45, 2.75) is 58.0 Å². The van der Waals surface area contributed by atoms with Gasteiger partial charge < -0.3 is 16.0 Å². The van der Waals surface area contributed by atoms with Gasteiger partial charge in [-0.15, -0.1) is 0 Å². The first-order valence-electron chi connectivity index (χ1n) is 6.79. The van der Waals surface area contributed by atoms with Crippen LogP contribution in [0.2, 0.25) is 0 Å². The van der Waals surface area contributed by atoms with E-state index in [-0.39, 0.29) is 17.5 Å². The number of carbonyl (C=O) groups excluding carboxylic acids is 1. The zero-order chi connectivity index (χ0) is 12.9. The summed E-state index contributed by atoms with van der Waals surface area (Å²) in [5, 5.41) is 3.04. The molecule has 1 rings (SSSR count). The molecule has 1 aliphatic rings. The lowest BCUT2D eigenvalue weighted by Gasteiger charge is -2.37. The quantitative estimate of drug-likeness (QED) is 0.702. The minimum Gasteiger partial charge on any atom is -0.352 e. The number of hydrogen-bond donors (Lipinski definition) is 2. The van der Waals surface area contributed by atoms with Crippen molar-refractivity contribution in [1.29, 1.82) is 0 Å². The summed E-state index contributed by atoms with van der Waals surface area (Å²) in [7, 11) is 0. The van der Waals surface area contributed by atoms with E-state index in [0.717, 1.165) is 32.5 Å². The first-order chi connectivity index (χ1) is 7.99. The van der Waals surface area contributed by atoms with E-state index in [0.29, 0.717) is 6.42 Å². The average molecular weight is 241 g/mol. The van der Waals surface area contributed by atoms with Crippen LogP contribution >= 0.6 is 0 Å². The van der Waals surface area contributed by atoms with Crippen molar-refractivity contribution in [2.24, 2.45) is 5.73 Å². The molecular formula is C13H27N3O. The molecule has 0 aromatic carbocycles. The Hall–Kier alpha value is -0.610. The molecule has 3 N–H and O–H groups in total. The van der Waals surface area contributed by atoms with Gasteiger partial charge in [-0.05, 0) is 39.3 Å². The fourth-order valence-corrected chi connectivity index (χ4v) is 2.37. The van der Waals surface area contributed by atoms with Crippen LogP contribution in [0.5, 0.6) is 0 Å². The maximum Gasteiger partial charge on any atom is 0.222 e. The number of likely N-dealkylation sites (N-methyl/N-ethyl adjacent to an activating group) is 1. The van der Waals surface area contributed by atoms with Crippen LogP contribution < -0.4 is 11.1 Å². The highest BCUT2D eigenvalue weighted by molar-refractivity contribution is 5.77. The van der Waals surface area contributed by atoms with Gasteiger partial charge in [0.05, 0.1) is 0 Å². The first kappa shape index (κ1) is 14.5. The van der Waals surface area contributed by atoms with Gasteiger partial charge >= 0.3 is 0 Å². The third kappa shape index (κ3) is 4.64. The fourth-order valence-electron chi connectivity index (χ4n) is 2.37. The maximum atomic E-state index is 11.8. The molecule has 4 nitrogen and oxygen atoms in total. The molecule has 1 aliphatic carbocycles. The molecule has 0 heterocycles. The molecule has 17 heavy (non-hydrogen) atoms. The monoisotopic (exact) mass is 241 g/mol. The van der Waals surface area contributed by atoms with Gasteiger partial charge in [0.2, 0.25) is 5.91 Å². The van der Waals surface area contributed by atoms with Crippen LogP contribution in [-0.4, -0.2) is 42.0 Å². The normalized spacial score (nSPS) is 19.8. The number of carbonyl (C=O) groups is 1. The van der Waals surface area contributed by atoms with Crippen molar-refractivity contribution in [1.82, 2.24) is 10.2 Å². The molecule has 0 bridgehead atoms. The predicted molar refractivity (Wildman–Crippen MR) is 70.8 cm³/mol. The molecule has 0 aromatic heterocycles. The molecule has 0 aliphatic heterocycles. The number of rotatable bonds is 7. The summed E-state index contributed by atoms with van der Waals surface area (Å²) in [6.45, 7) is 9.30. The minimum atomic E-state index is -0.209. The van der Waals surface area contributed by atoms with E-state index in [2.05, 4.69) is 31.0 Å². The van der Waals surface area contributed by atoms with Crippen molar-refractivity contribution < 1.29 is 4.79 Å². The fraction of sp³-hybridized carbons (Fsp3) is 0.923. The van der Waals surface area contributed by atoms with Crippen molar-refractivity contribution in [2.75, 3.05) is 19.6 Å². The number of amides is 1. The third-order valence-electron chi connectivity index (χ3n) is 3.70. The molecular weight excluding hydrogens is 214 g/mol. The zero-order valence-corrected chi connectivity index (χ0v) is 11.5. The second kappa shape index (κ2) is 6.36. The van der Waals surface area contributed by atoms with Gasteiger partial charge in [0.15, 0.2) is 0 Å². The van der Waals surface area contributed by atoms with E-state index in [9.17, 15) is 4.79 Å². The topological polar surface area (TPSA) is 58.4 Å². The van der Waals surface area contributed by atoms with Gasteiger partial charge in [0.1, 0.15) is 0 Å². The maximum absolute atomic E-state index is 11.8. The lowest BCUT2D eigenvalue weighted by molar-refractivity contribution is -0.123. The summed E-state index contributed by atoms with van der Waals surface area (Å²) in [5.41, 5.74) is 5.85. The molecule has 1 atom stereocenters. The molecule has 0 radical (unpaired) electrons. The molecule has 4 heteroatoms. The van der Waals surface area contributed by atoms with Gasteiger partial charge in [-0.1, -0.05) is 13.8 Å². The van der Waals surface area contributed by atoms with Crippen molar-refractivity contribution >= 4 is 5.91 Å². The van der Waals surface area contributed by atoms with Crippen molar-refractivity contribution in [3.8, 4) is 0 Å². The second-order valence-electron chi connectivity index (χ2n) is 5.35. The molecule has 0 aromatic rings. The van der Waals surface area contributed by atoms with Gasteiger partial charge in [0.25, 0.3) is 0 Å². The van der Waals surface area contributed by atoms with E-state index in [1.807, 2.05) is 0 Å². The van der Waals surface area contributed by atoms with Gasteiger partial charge in [-0.2, -0.15) is 0 Å². The summed E-state index contributed by atoms with van der Waals surface area (Å²) in [4.78, 5) is 14.1. The van der Waals surface area contributed by atoms with E-state index < -0.39 is 0 Å². The summed E-state index contributed by atoms with van der Waals surface area (Å²) >= 11 is 0. The van der Waals surface area contributed by atoms with Crippen molar-refractivity contribution in [3.05, 3.63) is 0 Å². The van der Waals surface area contributed by atoms with Gasteiger partial charge in [-0.25, -0.2) is 0 Å². The van der Waals surface area contributed by atoms with E-state index >= 15 is 0 Å². The van der Waals surface area contributed by atoms with Crippen LogP contribution in [0.15, 0.2) is 0 Å². The Labute approximate surface area is 105 Å². The van der Waals surface area contributed by atoms with Crippen LogP contribution in [0.1, 0.15) is 46.5 Å². The summed E-state index contributed by atoms with van der Waals surface area (Å²) in [5.74, 6) is 0.104. The smallest absolute Gasteiger partial charge is 0.222 e. The standard InChI is InChI=1S/C13H27N3O/c1-4-16(5-2)10-11(3)15-12(17)9-13(14)7-6-8-13/h11H,4-10,14H2,1-3H3,(H,15,17). The Kier molecular flexibility index (Phi) is 5.40. The lowest BCUT2D eigenvalue weighted by atomic mass is 9.75. The van der Waals surface area contributed by atoms with Gasteiger partial charge in [0, 0.05) is 24.5 Å². The SMILES string of the molecule is CCN(CC)CC(C)NC(=O)CC1(N)CCC1. The van der Waals surface area contributed by atoms with Crippen LogP contribution in [0.25, 0.3) is 0 Å². The Bertz CT molecular complexity index is 247. The Morgan fingerprint density at radius 1 is 1.41 bits per heavy atom. The van der Waals surface area contributed by atoms with Crippen LogP contribution in [0.4, 0.5) is 0 Å². The minimum absolute atomic E-state index is 0.104. The number of nitrogens with zero attached hydrogens (tertiary/aromatic N) is 1. The highest BCUT2D eigenvalue weighted by Gasteiger charge is 2.34. The third-order valence-corrected chi connectivity index (χ3v) is 3.70. The highest BCUT2D eigenvalue weighted by Crippen LogP contribution is 2.31. The van der Waals surface area contributed by atoms with E-state index in [4.69, 9.17) is 5.73 Å². The summed E-state index contributed by atoms with van der Waals surface area (Å²) < 4.78 is 0. The molecule has 1 amide bonds. The molecule has 1 fully saturated rings. The first-order valence-corrected chi connectivity index (χ1v) is 6.79. The van der Waals surface area contributed by atoms with Crippen LogP contribution in [0.3, 0.4) is 0 Å².